The maximum atomic E-state index is 11.9. The molecule has 23 heavy (non-hydrogen) atoms. The smallest absolute Gasteiger partial charge is 0.282 e. The van der Waals surface area contributed by atoms with Crippen LogP contribution in [0, 0.1) is 0 Å². The summed E-state index contributed by atoms with van der Waals surface area (Å²) in [6, 6.07) is 7.30. The monoisotopic (exact) mass is 334 g/mol. The van der Waals surface area contributed by atoms with Crippen LogP contribution < -0.4 is 0 Å². The third kappa shape index (κ3) is 3.29. The van der Waals surface area contributed by atoms with E-state index in [4.69, 9.17) is 0 Å². The van der Waals surface area contributed by atoms with Crippen molar-refractivity contribution in [2.24, 2.45) is 0 Å². The Morgan fingerprint density at radius 3 is 1.87 bits per heavy atom. The van der Waals surface area contributed by atoms with Crippen molar-refractivity contribution in [2.75, 3.05) is 0 Å². The summed E-state index contributed by atoms with van der Waals surface area (Å²) in [5.74, 6) is 0.788. The molecule has 0 fully saturated rings. The van der Waals surface area contributed by atoms with E-state index in [1.54, 1.807) is 6.07 Å². The van der Waals surface area contributed by atoms with Gasteiger partial charge in [0.15, 0.2) is 0 Å². The first kappa shape index (κ1) is 18.0. The van der Waals surface area contributed by atoms with E-state index < -0.39 is 10.1 Å². The number of fused-ring (bicyclic) bond motifs is 1. The molecular formula is C19H26O3S. The topological polar surface area (TPSA) is 54.4 Å². The van der Waals surface area contributed by atoms with Gasteiger partial charge in [-0.2, -0.15) is 8.42 Å². The number of hydrogen-bond donors (Lipinski definition) is 1. The lowest BCUT2D eigenvalue weighted by atomic mass is 9.82. The average Bonchev–Trinajstić information content (AvgIpc) is 2.42. The van der Waals surface area contributed by atoms with Gasteiger partial charge in [-0.05, 0) is 45.9 Å². The fourth-order valence-electron chi connectivity index (χ4n) is 3.32. The van der Waals surface area contributed by atoms with E-state index in [1.807, 2.05) is 6.07 Å². The van der Waals surface area contributed by atoms with E-state index in [0.717, 1.165) is 10.9 Å². The van der Waals surface area contributed by atoms with Gasteiger partial charge in [0, 0.05) is 5.39 Å². The van der Waals surface area contributed by atoms with Crippen molar-refractivity contribution in [1.82, 2.24) is 0 Å². The molecule has 0 spiro atoms. The van der Waals surface area contributed by atoms with Crippen molar-refractivity contribution < 1.29 is 13.0 Å². The first-order valence-electron chi connectivity index (χ1n) is 8.12. The summed E-state index contributed by atoms with van der Waals surface area (Å²) in [6.07, 6.45) is 0. The molecule has 4 heteroatoms. The standard InChI is InChI=1S/C19H26O3S/c1-11(2)15-10-16(12(3)4)19-14(18(15)13(5)6)8-7-9-17(19)23(20,21)22/h7-13H,1-6H3,(H,20,21,22). The minimum absolute atomic E-state index is 0.0101. The number of hydrogen-bond acceptors (Lipinski definition) is 2. The van der Waals surface area contributed by atoms with Crippen molar-refractivity contribution in [3.63, 3.8) is 0 Å². The molecule has 0 aliphatic carbocycles. The molecule has 0 aliphatic heterocycles. The Morgan fingerprint density at radius 2 is 1.43 bits per heavy atom. The molecule has 0 atom stereocenters. The molecule has 0 saturated heterocycles. The van der Waals surface area contributed by atoms with Crippen molar-refractivity contribution in [3.8, 4) is 0 Å². The average molecular weight is 334 g/mol. The quantitative estimate of drug-likeness (QED) is 0.756. The van der Waals surface area contributed by atoms with Crippen molar-refractivity contribution in [3.05, 3.63) is 41.0 Å². The molecule has 3 nitrogen and oxygen atoms in total. The van der Waals surface area contributed by atoms with Gasteiger partial charge in [0.1, 0.15) is 4.90 Å². The molecule has 0 unspecified atom stereocenters. The predicted molar refractivity (Wildman–Crippen MR) is 96.0 cm³/mol. The van der Waals surface area contributed by atoms with E-state index in [-0.39, 0.29) is 16.7 Å². The maximum Gasteiger partial charge on any atom is 0.295 e. The largest absolute Gasteiger partial charge is 0.295 e. The van der Waals surface area contributed by atoms with E-state index in [0.29, 0.717) is 11.3 Å². The van der Waals surface area contributed by atoms with Crippen LogP contribution in [0.5, 0.6) is 0 Å². The van der Waals surface area contributed by atoms with Gasteiger partial charge in [-0.25, -0.2) is 0 Å². The van der Waals surface area contributed by atoms with Gasteiger partial charge < -0.3 is 0 Å². The van der Waals surface area contributed by atoms with Crippen molar-refractivity contribution >= 4 is 20.9 Å². The van der Waals surface area contributed by atoms with Crippen LogP contribution in [0.4, 0.5) is 0 Å². The van der Waals surface area contributed by atoms with Gasteiger partial charge in [-0.1, -0.05) is 59.7 Å². The molecule has 0 bridgehead atoms. The zero-order valence-corrected chi connectivity index (χ0v) is 15.5. The second kappa shape index (κ2) is 6.25. The normalized spacial score (nSPS) is 12.8. The lowest BCUT2D eigenvalue weighted by Crippen LogP contribution is -2.07. The summed E-state index contributed by atoms with van der Waals surface area (Å²) in [6.45, 7) is 12.7. The Hall–Kier alpha value is -1.39. The summed E-state index contributed by atoms with van der Waals surface area (Å²) in [4.78, 5) is 0.0101. The fraction of sp³-hybridized carbons (Fsp3) is 0.474. The Kier molecular flexibility index (Phi) is 4.88. The molecule has 0 heterocycles. The van der Waals surface area contributed by atoms with Crippen LogP contribution in [0.2, 0.25) is 0 Å². The maximum absolute atomic E-state index is 11.9. The molecule has 2 rings (SSSR count). The second-order valence-corrected chi connectivity index (χ2v) is 8.48. The summed E-state index contributed by atoms with van der Waals surface area (Å²) >= 11 is 0. The highest BCUT2D eigenvalue weighted by molar-refractivity contribution is 7.86. The molecule has 1 N–H and O–H groups in total. The van der Waals surface area contributed by atoms with Gasteiger partial charge in [-0.3, -0.25) is 4.55 Å². The zero-order valence-electron chi connectivity index (χ0n) is 14.7. The lowest BCUT2D eigenvalue weighted by molar-refractivity contribution is 0.484. The van der Waals surface area contributed by atoms with E-state index in [9.17, 15) is 13.0 Å². The third-order valence-corrected chi connectivity index (χ3v) is 5.22. The molecule has 2 aromatic carbocycles. The highest BCUT2D eigenvalue weighted by atomic mass is 32.2. The Labute approximate surface area is 139 Å². The summed E-state index contributed by atoms with van der Waals surface area (Å²) in [5.41, 5.74) is 3.40. The third-order valence-electron chi connectivity index (χ3n) is 4.33. The van der Waals surface area contributed by atoms with Crippen LogP contribution in [-0.2, 0) is 10.1 Å². The van der Waals surface area contributed by atoms with Crippen LogP contribution >= 0.6 is 0 Å². The first-order chi connectivity index (χ1) is 10.6. The number of rotatable bonds is 4. The predicted octanol–water partition coefficient (Wildman–Crippen LogP) is 5.46. The molecule has 126 valence electrons. The summed E-state index contributed by atoms with van der Waals surface area (Å²) in [5, 5.41) is 1.60. The Balaban J connectivity index is 3.12. The minimum Gasteiger partial charge on any atom is -0.282 e. The molecule has 2 aromatic rings. The molecule has 0 aliphatic rings. The van der Waals surface area contributed by atoms with Gasteiger partial charge >= 0.3 is 0 Å². The number of benzene rings is 2. The zero-order chi connectivity index (χ0) is 17.5. The molecule has 0 aromatic heterocycles. The summed E-state index contributed by atoms with van der Waals surface area (Å²) < 4.78 is 33.4. The first-order valence-corrected chi connectivity index (χ1v) is 9.56. The summed E-state index contributed by atoms with van der Waals surface area (Å²) in [7, 11) is -4.26. The van der Waals surface area contributed by atoms with Crippen molar-refractivity contribution in [2.45, 2.75) is 64.2 Å². The van der Waals surface area contributed by atoms with E-state index in [2.05, 4.69) is 47.6 Å². The lowest BCUT2D eigenvalue weighted by Gasteiger charge is -2.24. The van der Waals surface area contributed by atoms with Crippen LogP contribution in [-0.4, -0.2) is 13.0 Å². The van der Waals surface area contributed by atoms with Crippen LogP contribution in [0.25, 0.3) is 10.8 Å². The molecule has 0 amide bonds. The van der Waals surface area contributed by atoms with E-state index in [1.165, 1.54) is 17.2 Å². The Morgan fingerprint density at radius 1 is 0.870 bits per heavy atom. The van der Waals surface area contributed by atoms with Crippen LogP contribution in [0.1, 0.15) is 76.0 Å². The van der Waals surface area contributed by atoms with Crippen molar-refractivity contribution in [1.29, 1.82) is 0 Å². The van der Waals surface area contributed by atoms with Gasteiger partial charge in [-0.15, -0.1) is 0 Å². The van der Waals surface area contributed by atoms with Crippen LogP contribution in [0.3, 0.4) is 0 Å². The van der Waals surface area contributed by atoms with Gasteiger partial charge in [0.25, 0.3) is 10.1 Å². The minimum atomic E-state index is -4.26. The molecule has 0 radical (unpaired) electrons. The molecule has 0 saturated carbocycles. The van der Waals surface area contributed by atoms with Gasteiger partial charge in [0.05, 0.1) is 0 Å². The molecular weight excluding hydrogens is 308 g/mol. The van der Waals surface area contributed by atoms with Gasteiger partial charge in [0.2, 0.25) is 0 Å². The highest BCUT2D eigenvalue weighted by Gasteiger charge is 2.23. The second-order valence-electron chi connectivity index (χ2n) is 7.09. The Bertz CT molecular complexity index is 831. The van der Waals surface area contributed by atoms with Crippen LogP contribution in [0.15, 0.2) is 29.2 Å². The highest BCUT2D eigenvalue weighted by Crippen LogP contribution is 2.40. The van der Waals surface area contributed by atoms with E-state index >= 15 is 0 Å². The fourth-order valence-corrected chi connectivity index (χ4v) is 4.05. The SMILES string of the molecule is CC(C)c1cc(C(C)C)c2c(S(=O)(=O)O)cccc2c1C(C)C.